The third-order valence-electron chi connectivity index (χ3n) is 4.10. The molecular formula is C14H22N2O3S. The molecule has 0 atom stereocenters. The largest absolute Gasteiger partial charge is 0.397 e. The predicted octanol–water partition coefficient (Wildman–Crippen LogP) is 1.64. The molecule has 0 unspecified atom stereocenters. The highest BCUT2D eigenvalue weighted by Crippen LogP contribution is 2.38. The number of nitrogens with two attached hydrogens (primary N) is 1. The molecule has 1 aliphatic carbocycles. The van der Waals surface area contributed by atoms with E-state index in [4.69, 9.17) is 5.73 Å². The molecule has 5 nitrogen and oxygen atoms in total. The summed E-state index contributed by atoms with van der Waals surface area (Å²) in [7, 11) is -3.24. The minimum atomic E-state index is -3.24. The summed E-state index contributed by atoms with van der Waals surface area (Å²) in [6.45, 7) is 0.827. The number of aliphatic hydroxyl groups excluding tert-OH is 1. The van der Waals surface area contributed by atoms with Crippen molar-refractivity contribution in [1.29, 1.82) is 0 Å². The lowest BCUT2D eigenvalue weighted by Crippen LogP contribution is -2.30. The molecular weight excluding hydrogens is 276 g/mol. The lowest BCUT2D eigenvalue weighted by Gasteiger charge is -2.27. The zero-order valence-corrected chi connectivity index (χ0v) is 12.5. The molecule has 0 aromatic heterocycles. The Bertz CT molecular complexity index is 578. The van der Waals surface area contributed by atoms with Crippen molar-refractivity contribution in [3.8, 4) is 0 Å². The van der Waals surface area contributed by atoms with Gasteiger partial charge in [0.1, 0.15) is 0 Å². The van der Waals surface area contributed by atoms with Crippen LogP contribution in [0.3, 0.4) is 0 Å². The van der Waals surface area contributed by atoms with Crippen LogP contribution in [-0.4, -0.2) is 32.9 Å². The Hall–Kier alpha value is -1.27. The predicted molar refractivity (Wildman–Crippen MR) is 80.4 cm³/mol. The zero-order valence-electron chi connectivity index (χ0n) is 11.7. The minimum absolute atomic E-state index is 0.0675. The maximum atomic E-state index is 11.5. The molecule has 1 aromatic carbocycles. The number of rotatable bonds is 5. The summed E-state index contributed by atoms with van der Waals surface area (Å²) in [4.78, 5) is 0.221. The minimum Gasteiger partial charge on any atom is -0.397 e. The van der Waals surface area contributed by atoms with Gasteiger partial charge in [0.2, 0.25) is 0 Å². The number of anilines is 2. The van der Waals surface area contributed by atoms with Crippen molar-refractivity contribution in [2.75, 3.05) is 30.5 Å². The van der Waals surface area contributed by atoms with Crippen LogP contribution in [0.15, 0.2) is 23.1 Å². The monoisotopic (exact) mass is 298 g/mol. The van der Waals surface area contributed by atoms with Crippen molar-refractivity contribution in [2.45, 2.75) is 30.6 Å². The molecule has 4 N–H and O–H groups in total. The normalized spacial score (nSPS) is 18.1. The van der Waals surface area contributed by atoms with Crippen LogP contribution >= 0.6 is 0 Å². The zero-order chi connectivity index (χ0) is 14.8. The first-order chi connectivity index (χ1) is 9.36. The van der Waals surface area contributed by atoms with Crippen LogP contribution in [0.1, 0.15) is 25.7 Å². The highest BCUT2D eigenvalue weighted by Gasteiger charge is 2.33. The van der Waals surface area contributed by atoms with Gasteiger partial charge < -0.3 is 16.2 Å². The Morgan fingerprint density at radius 3 is 2.50 bits per heavy atom. The van der Waals surface area contributed by atoms with E-state index in [1.54, 1.807) is 12.1 Å². The molecule has 2 rings (SSSR count). The number of hydrogen-bond donors (Lipinski definition) is 3. The van der Waals surface area contributed by atoms with E-state index >= 15 is 0 Å². The van der Waals surface area contributed by atoms with Gasteiger partial charge in [0.25, 0.3) is 0 Å². The molecule has 0 radical (unpaired) electrons. The molecule has 0 saturated heterocycles. The molecule has 1 fully saturated rings. The van der Waals surface area contributed by atoms with Gasteiger partial charge in [-0.3, -0.25) is 0 Å². The van der Waals surface area contributed by atoms with Gasteiger partial charge in [-0.1, -0.05) is 12.8 Å². The number of sulfone groups is 1. The lowest BCUT2D eigenvalue weighted by molar-refractivity contribution is 0.142. The van der Waals surface area contributed by atoms with E-state index in [2.05, 4.69) is 5.32 Å². The molecule has 1 saturated carbocycles. The van der Waals surface area contributed by atoms with Gasteiger partial charge in [-0.15, -0.1) is 0 Å². The highest BCUT2D eigenvalue weighted by atomic mass is 32.2. The fourth-order valence-corrected chi connectivity index (χ4v) is 3.39. The van der Waals surface area contributed by atoms with Crippen LogP contribution in [0.4, 0.5) is 11.4 Å². The van der Waals surface area contributed by atoms with Gasteiger partial charge in [0.05, 0.1) is 22.9 Å². The first kappa shape index (κ1) is 15.1. The molecule has 1 aliphatic rings. The number of aliphatic hydroxyl groups is 1. The van der Waals surface area contributed by atoms with E-state index in [0.717, 1.165) is 37.6 Å². The maximum absolute atomic E-state index is 11.5. The van der Waals surface area contributed by atoms with Gasteiger partial charge in [-0.25, -0.2) is 8.42 Å². The van der Waals surface area contributed by atoms with Gasteiger partial charge in [-0.05, 0) is 31.0 Å². The second kappa shape index (κ2) is 5.61. The number of nitrogen functional groups attached to an aromatic ring is 1. The van der Waals surface area contributed by atoms with Crippen LogP contribution in [-0.2, 0) is 9.84 Å². The van der Waals surface area contributed by atoms with Gasteiger partial charge >= 0.3 is 0 Å². The Balaban J connectivity index is 2.11. The first-order valence-electron chi connectivity index (χ1n) is 6.81. The molecule has 1 aromatic rings. The molecule has 112 valence electrons. The van der Waals surface area contributed by atoms with Gasteiger partial charge in [-0.2, -0.15) is 0 Å². The van der Waals surface area contributed by atoms with Crippen molar-refractivity contribution in [3.05, 3.63) is 18.2 Å². The third-order valence-corrected chi connectivity index (χ3v) is 5.21. The van der Waals surface area contributed by atoms with Gasteiger partial charge in [0.15, 0.2) is 9.84 Å². The second-order valence-electron chi connectivity index (χ2n) is 5.74. The lowest BCUT2D eigenvalue weighted by atomic mass is 9.87. The topological polar surface area (TPSA) is 92.4 Å². The summed E-state index contributed by atoms with van der Waals surface area (Å²) in [5, 5.41) is 12.8. The SMILES string of the molecule is CS(=O)(=O)c1ccc(NCC2(CO)CCCC2)c(N)c1. The number of hydrogen-bond acceptors (Lipinski definition) is 5. The van der Waals surface area contributed by atoms with E-state index in [-0.39, 0.29) is 16.9 Å². The second-order valence-corrected chi connectivity index (χ2v) is 7.76. The van der Waals surface area contributed by atoms with Crippen molar-refractivity contribution in [3.63, 3.8) is 0 Å². The van der Waals surface area contributed by atoms with Crippen molar-refractivity contribution >= 4 is 21.2 Å². The van der Waals surface area contributed by atoms with E-state index in [0.29, 0.717) is 12.2 Å². The summed E-state index contributed by atoms with van der Waals surface area (Å²) in [5.41, 5.74) is 6.97. The molecule has 20 heavy (non-hydrogen) atoms. The molecule has 0 bridgehead atoms. The third kappa shape index (κ3) is 3.24. The molecule has 0 heterocycles. The number of nitrogens with one attached hydrogen (secondary N) is 1. The average Bonchev–Trinajstić information content (AvgIpc) is 2.85. The van der Waals surface area contributed by atoms with E-state index < -0.39 is 9.84 Å². The number of benzene rings is 1. The van der Waals surface area contributed by atoms with Crippen LogP contribution < -0.4 is 11.1 Å². The van der Waals surface area contributed by atoms with E-state index in [1.807, 2.05) is 0 Å². The molecule has 6 heteroatoms. The summed E-state index contributed by atoms with van der Waals surface area (Å²) in [5.74, 6) is 0. The van der Waals surface area contributed by atoms with Crippen molar-refractivity contribution < 1.29 is 13.5 Å². The van der Waals surface area contributed by atoms with E-state index in [1.165, 1.54) is 6.07 Å². The first-order valence-corrected chi connectivity index (χ1v) is 8.70. The Morgan fingerprint density at radius 2 is 2.00 bits per heavy atom. The maximum Gasteiger partial charge on any atom is 0.175 e. The summed E-state index contributed by atoms with van der Waals surface area (Å²) < 4.78 is 22.9. The smallest absolute Gasteiger partial charge is 0.175 e. The molecule has 0 aliphatic heterocycles. The van der Waals surface area contributed by atoms with Crippen molar-refractivity contribution in [1.82, 2.24) is 0 Å². The Kier molecular flexibility index (Phi) is 4.25. The van der Waals surface area contributed by atoms with Crippen molar-refractivity contribution in [2.24, 2.45) is 5.41 Å². The van der Waals surface area contributed by atoms with Crippen LogP contribution in [0.25, 0.3) is 0 Å². The quantitative estimate of drug-likeness (QED) is 0.719. The van der Waals surface area contributed by atoms with Crippen LogP contribution in [0.2, 0.25) is 0 Å². The Morgan fingerprint density at radius 1 is 1.35 bits per heavy atom. The standard InChI is InChI=1S/C14H22N2O3S/c1-20(18,19)11-4-5-13(12(15)8-11)16-9-14(10-17)6-2-3-7-14/h4-5,8,16-17H,2-3,6-7,9-10,15H2,1H3. The fraction of sp³-hybridized carbons (Fsp3) is 0.571. The molecule has 0 spiro atoms. The Labute approximate surface area is 120 Å². The average molecular weight is 298 g/mol. The van der Waals surface area contributed by atoms with E-state index in [9.17, 15) is 13.5 Å². The summed E-state index contributed by atoms with van der Waals surface area (Å²) in [6.07, 6.45) is 5.47. The summed E-state index contributed by atoms with van der Waals surface area (Å²) in [6, 6.07) is 4.71. The highest BCUT2D eigenvalue weighted by molar-refractivity contribution is 7.90. The van der Waals surface area contributed by atoms with Gasteiger partial charge in [0, 0.05) is 18.2 Å². The van der Waals surface area contributed by atoms with Crippen LogP contribution in [0, 0.1) is 5.41 Å². The van der Waals surface area contributed by atoms with Crippen LogP contribution in [0.5, 0.6) is 0 Å². The molecule has 0 amide bonds. The fourth-order valence-electron chi connectivity index (χ4n) is 2.73. The summed E-state index contributed by atoms with van der Waals surface area (Å²) >= 11 is 0.